The molecule has 1 amide bonds. The molecule has 0 unspecified atom stereocenters. The van der Waals surface area contributed by atoms with Gasteiger partial charge in [0.2, 0.25) is 5.91 Å². The molecule has 2 aromatic heterocycles. The van der Waals surface area contributed by atoms with Crippen LogP contribution in [0.25, 0.3) is 11.3 Å². The normalized spacial score (nSPS) is 10.9. The number of aryl methyl sites for hydroxylation is 1. The number of nitrogens with zero attached hydrogens (tertiary/aromatic N) is 4. The van der Waals surface area contributed by atoms with Gasteiger partial charge in [-0.05, 0) is 19.1 Å². The molecule has 1 N–H and O–H groups in total. The third-order valence-electron chi connectivity index (χ3n) is 4.61. The molecule has 0 aliphatic rings. The van der Waals surface area contributed by atoms with E-state index in [1.54, 1.807) is 22.8 Å². The molecule has 0 bridgehead atoms. The van der Waals surface area contributed by atoms with Crippen molar-refractivity contribution in [2.24, 2.45) is 7.05 Å². The zero-order valence-electron chi connectivity index (χ0n) is 17.7. The number of thiazole rings is 1. The van der Waals surface area contributed by atoms with E-state index in [0.717, 1.165) is 11.3 Å². The van der Waals surface area contributed by atoms with Crippen molar-refractivity contribution >= 4 is 57.3 Å². The number of thioether (sulfide) groups is 1. The number of halogens is 2. The molecule has 33 heavy (non-hydrogen) atoms. The Labute approximate surface area is 209 Å². The number of carbonyl (C=O) groups is 1. The van der Waals surface area contributed by atoms with Gasteiger partial charge in [0.15, 0.2) is 16.1 Å². The van der Waals surface area contributed by atoms with Gasteiger partial charge < -0.3 is 14.6 Å². The maximum Gasteiger partial charge on any atom is 0.236 e. The molecule has 2 aromatic carbocycles. The number of rotatable bonds is 8. The maximum absolute atomic E-state index is 12.4. The summed E-state index contributed by atoms with van der Waals surface area (Å²) in [7, 11) is 1.81. The Morgan fingerprint density at radius 2 is 1.97 bits per heavy atom. The fourth-order valence-corrected chi connectivity index (χ4v) is 4.60. The Kier molecular flexibility index (Phi) is 7.54. The van der Waals surface area contributed by atoms with Crippen molar-refractivity contribution in [3.8, 4) is 17.0 Å². The Morgan fingerprint density at radius 3 is 2.76 bits per heavy atom. The predicted molar refractivity (Wildman–Crippen MR) is 133 cm³/mol. The predicted octanol–water partition coefficient (Wildman–Crippen LogP) is 5.86. The van der Waals surface area contributed by atoms with E-state index in [2.05, 4.69) is 20.5 Å². The van der Waals surface area contributed by atoms with Crippen molar-refractivity contribution < 1.29 is 9.53 Å². The first-order valence-electron chi connectivity index (χ1n) is 9.80. The van der Waals surface area contributed by atoms with E-state index in [1.807, 2.05) is 43.6 Å². The van der Waals surface area contributed by atoms with E-state index in [-0.39, 0.29) is 18.3 Å². The van der Waals surface area contributed by atoms with Crippen LogP contribution in [0.3, 0.4) is 0 Å². The van der Waals surface area contributed by atoms with Crippen LogP contribution in [-0.2, 0) is 18.4 Å². The highest BCUT2D eigenvalue weighted by molar-refractivity contribution is 7.99. The molecular weight excluding hydrogens is 501 g/mol. The lowest BCUT2D eigenvalue weighted by molar-refractivity contribution is -0.113. The second-order valence-corrected chi connectivity index (χ2v) is 9.71. The van der Waals surface area contributed by atoms with Crippen LogP contribution in [0, 0.1) is 6.92 Å². The molecular formula is C22H19Cl2N5O2S2. The Bertz CT molecular complexity index is 1270. The van der Waals surface area contributed by atoms with Gasteiger partial charge in [-0.15, -0.1) is 21.5 Å². The molecule has 0 saturated carbocycles. The summed E-state index contributed by atoms with van der Waals surface area (Å²) in [4.78, 5) is 16.9. The number of nitrogens with one attached hydrogen (secondary N) is 1. The van der Waals surface area contributed by atoms with Crippen molar-refractivity contribution in [3.63, 3.8) is 0 Å². The minimum atomic E-state index is -0.170. The van der Waals surface area contributed by atoms with Gasteiger partial charge in [0.25, 0.3) is 0 Å². The second kappa shape index (κ2) is 10.6. The summed E-state index contributed by atoms with van der Waals surface area (Å²) in [5.41, 5.74) is 3.03. The smallest absolute Gasteiger partial charge is 0.236 e. The van der Waals surface area contributed by atoms with Crippen LogP contribution in [-0.4, -0.2) is 31.4 Å². The van der Waals surface area contributed by atoms with Crippen molar-refractivity contribution in [1.29, 1.82) is 0 Å². The van der Waals surface area contributed by atoms with Gasteiger partial charge in [-0.1, -0.05) is 64.8 Å². The van der Waals surface area contributed by atoms with Gasteiger partial charge >= 0.3 is 0 Å². The number of hydrogen-bond donors (Lipinski definition) is 1. The SMILES string of the molecule is Cc1ccc(-c2csc(NC(=O)CSc3nnc(COc4cc(Cl)ccc4Cl)n3C)n2)cc1. The van der Waals surface area contributed by atoms with E-state index < -0.39 is 0 Å². The Morgan fingerprint density at radius 1 is 1.18 bits per heavy atom. The standard InChI is InChI=1S/C22H19Cl2N5O2S2/c1-13-3-5-14(6-4-13)17-11-32-21(25-17)26-20(30)12-33-22-28-27-19(29(22)2)10-31-18-9-15(23)7-8-16(18)24/h3-9,11H,10,12H2,1-2H3,(H,25,26,30). The highest BCUT2D eigenvalue weighted by Crippen LogP contribution is 2.29. The molecule has 7 nitrogen and oxygen atoms in total. The second-order valence-electron chi connectivity index (χ2n) is 7.06. The largest absolute Gasteiger partial charge is 0.484 e. The average Bonchev–Trinajstić information content (AvgIpc) is 3.40. The van der Waals surface area contributed by atoms with Crippen LogP contribution in [0.2, 0.25) is 10.0 Å². The lowest BCUT2D eigenvalue weighted by atomic mass is 10.1. The first-order chi connectivity index (χ1) is 15.9. The summed E-state index contributed by atoms with van der Waals surface area (Å²) >= 11 is 14.8. The van der Waals surface area contributed by atoms with Crippen LogP contribution in [0.5, 0.6) is 5.75 Å². The molecule has 0 fully saturated rings. The molecule has 0 saturated heterocycles. The quantitative estimate of drug-likeness (QED) is 0.293. The first-order valence-corrected chi connectivity index (χ1v) is 12.4. The zero-order valence-corrected chi connectivity index (χ0v) is 20.9. The van der Waals surface area contributed by atoms with Gasteiger partial charge in [-0.2, -0.15) is 0 Å². The fraction of sp³-hybridized carbons (Fsp3) is 0.182. The molecule has 11 heteroatoms. The third kappa shape index (κ3) is 6.05. The lowest BCUT2D eigenvalue weighted by Crippen LogP contribution is -2.14. The van der Waals surface area contributed by atoms with Gasteiger partial charge in [-0.3, -0.25) is 4.79 Å². The minimum absolute atomic E-state index is 0.164. The number of carbonyl (C=O) groups excluding carboxylic acids is 1. The van der Waals surface area contributed by atoms with Gasteiger partial charge in [0, 0.05) is 29.1 Å². The van der Waals surface area contributed by atoms with Crippen molar-refractivity contribution in [2.75, 3.05) is 11.1 Å². The Balaban J connectivity index is 1.30. The number of benzene rings is 2. The highest BCUT2D eigenvalue weighted by Gasteiger charge is 2.14. The number of amides is 1. The third-order valence-corrected chi connectivity index (χ3v) is 6.93. The molecule has 2 heterocycles. The van der Waals surface area contributed by atoms with Crippen molar-refractivity contribution in [3.05, 3.63) is 69.3 Å². The van der Waals surface area contributed by atoms with E-state index in [9.17, 15) is 4.79 Å². The highest BCUT2D eigenvalue weighted by atomic mass is 35.5. The molecule has 4 aromatic rings. The summed E-state index contributed by atoms with van der Waals surface area (Å²) in [6.45, 7) is 2.20. The summed E-state index contributed by atoms with van der Waals surface area (Å²) in [6, 6.07) is 13.1. The molecule has 4 rings (SSSR count). The molecule has 0 aliphatic carbocycles. The maximum atomic E-state index is 12.4. The monoisotopic (exact) mass is 519 g/mol. The first kappa shape index (κ1) is 23.6. The van der Waals surface area contributed by atoms with Crippen molar-refractivity contribution in [2.45, 2.75) is 18.7 Å². The molecule has 0 atom stereocenters. The average molecular weight is 520 g/mol. The molecule has 0 aliphatic heterocycles. The summed E-state index contributed by atoms with van der Waals surface area (Å²) in [5.74, 6) is 1.06. The Hall–Kier alpha value is -2.59. The van der Waals surface area contributed by atoms with E-state index in [0.29, 0.717) is 31.9 Å². The van der Waals surface area contributed by atoms with Crippen LogP contribution < -0.4 is 10.1 Å². The number of hydrogen-bond acceptors (Lipinski definition) is 7. The number of ether oxygens (including phenoxy) is 1. The number of anilines is 1. The van der Waals surface area contributed by atoms with E-state index >= 15 is 0 Å². The van der Waals surface area contributed by atoms with Crippen molar-refractivity contribution in [1.82, 2.24) is 19.7 Å². The zero-order chi connectivity index (χ0) is 23.4. The van der Waals surface area contributed by atoms with Crippen LogP contribution in [0.1, 0.15) is 11.4 Å². The lowest BCUT2D eigenvalue weighted by Gasteiger charge is -2.08. The van der Waals surface area contributed by atoms with Gasteiger partial charge in [-0.25, -0.2) is 4.98 Å². The van der Waals surface area contributed by atoms with E-state index in [1.165, 1.54) is 28.7 Å². The van der Waals surface area contributed by atoms with Crippen LogP contribution in [0.15, 0.2) is 53.0 Å². The summed E-state index contributed by atoms with van der Waals surface area (Å²) in [5, 5.41) is 15.2. The van der Waals surface area contributed by atoms with Crippen LogP contribution >= 0.6 is 46.3 Å². The van der Waals surface area contributed by atoms with E-state index in [4.69, 9.17) is 27.9 Å². The number of aromatic nitrogens is 4. The summed E-state index contributed by atoms with van der Waals surface area (Å²) in [6.07, 6.45) is 0. The summed E-state index contributed by atoms with van der Waals surface area (Å²) < 4.78 is 7.49. The van der Waals surface area contributed by atoms with Gasteiger partial charge in [0.05, 0.1) is 16.5 Å². The minimum Gasteiger partial charge on any atom is -0.484 e. The molecule has 170 valence electrons. The fourth-order valence-electron chi connectivity index (χ4n) is 2.80. The molecule has 0 spiro atoms. The van der Waals surface area contributed by atoms with Gasteiger partial charge in [0.1, 0.15) is 12.4 Å². The van der Waals surface area contributed by atoms with Crippen LogP contribution in [0.4, 0.5) is 5.13 Å². The molecule has 0 radical (unpaired) electrons. The topological polar surface area (TPSA) is 81.9 Å².